The van der Waals surface area contributed by atoms with Gasteiger partial charge in [0.15, 0.2) is 0 Å². The molecule has 2 rings (SSSR count). The number of hydrazone groups is 1. The van der Waals surface area contributed by atoms with Crippen LogP contribution in [-0.4, -0.2) is 10.8 Å². The number of para-hydroxylation sites is 1. The molecule has 0 aromatic heterocycles. The summed E-state index contributed by atoms with van der Waals surface area (Å²) >= 11 is 5.13. The molecular formula is C15H16N4S. The highest BCUT2D eigenvalue weighted by molar-refractivity contribution is 7.80. The van der Waals surface area contributed by atoms with Crippen molar-refractivity contribution in [3.63, 3.8) is 0 Å². The number of nitrogens with one attached hydrogen (secondary N) is 3. The maximum Gasteiger partial charge on any atom is 0.205 e. The highest BCUT2D eigenvalue weighted by atomic mass is 32.1. The lowest BCUT2D eigenvalue weighted by Crippen LogP contribution is -2.36. The summed E-state index contributed by atoms with van der Waals surface area (Å²) in [6, 6.07) is 19.6. The quantitative estimate of drug-likeness (QED) is 0.459. The molecule has 2 aromatic carbocycles. The summed E-state index contributed by atoms with van der Waals surface area (Å²) in [6.45, 7) is 1.93. The van der Waals surface area contributed by atoms with E-state index in [1.54, 1.807) is 0 Å². The Labute approximate surface area is 123 Å². The molecule has 5 heteroatoms. The molecule has 0 heterocycles. The lowest BCUT2D eigenvalue weighted by Gasteiger charge is -2.10. The van der Waals surface area contributed by atoms with E-state index in [1.165, 1.54) is 0 Å². The molecule has 2 aromatic rings. The molecule has 0 unspecified atom stereocenters. The van der Waals surface area contributed by atoms with E-state index in [9.17, 15) is 0 Å². The minimum absolute atomic E-state index is 0.407. The van der Waals surface area contributed by atoms with E-state index in [0.717, 1.165) is 17.0 Å². The summed E-state index contributed by atoms with van der Waals surface area (Å²) in [7, 11) is 0. The number of nitrogens with zero attached hydrogens (tertiary/aromatic N) is 1. The van der Waals surface area contributed by atoms with Gasteiger partial charge < -0.3 is 0 Å². The van der Waals surface area contributed by atoms with Crippen molar-refractivity contribution in [2.45, 2.75) is 6.92 Å². The highest BCUT2D eigenvalue weighted by Crippen LogP contribution is 2.02. The monoisotopic (exact) mass is 284 g/mol. The van der Waals surface area contributed by atoms with E-state index < -0.39 is 0 Å². The average Bonchev–Trinajstić information content (AvgIpc) is 2.52. The molecule has 0 aliphatic rings. The van der Waals surface area contributed by atoms with Crippen molar-refractivity contribution in [1.82, 2.24) is 10.9 Å². The van der Waals surface area contributed by atoms with Crippen LogP contribution in [0.3, 0.4) is 0 Å². The first kappa shape index (κ1) is 14.0. The summed E-state index contributed by atoms with van der Waals surface area (Å²) in [5.74, 6) is 0. The van der Waals surface area contributed by atoms with Gasteiger partial charge in [-0.25, -0.2) is 0 Å². The molecule has 102 valence electrons. The number of hydrogen-bond acceptors (Lipinski definition) is 3. The Balaban J connectivity index is 1.83. The van der Waals surface area contributed by atoms with Crippen molar-refractivity contribution < 1.29 is 0 Å². The maximum atomic E-state index is 5.13. The topological polar surface area (TPSA) is 48.5 Å². The number of anilines is 1. The van der Waals surface area contributed by atoms with Crippen LogP contribution in [0.5, 0.6) is 0 Å². The molecule has 0 radical (unpaired) electrons. The fourth-order valence-corrected chi connectivity index (χ4v) is 1.65. The first-order chi connectivity index (χ1) is 9.75. The largest absolute Gasteiger partial charge is 0.299 e. The normalized spacial score (nSPS) is 10.8. The van der Waals surface area contributed by atoms with Gasteiger partial charge >= 0.3 is 0 Å². The van der Waals surface area contributed by atoms with E-state index in [4.69, 9.17) is 12.2 Å². The molecule has 0 bridgehead atoms. The second-order valence-electron chi connectivity index (χ2n) is 4.12. The van der Waals surface area contributed by atoms with Gasteiger partial charge in [0.2, 0.25) is 5.11 Å². The SMILES string of the molecule is C/C(=N\NC(=S)NNc1ccccc1)c1ccccc1. The van der Waals surface area contributed by atoms with Gasteiger partial charge in [-0.2, -0.15) is 5.10 Å². The van der Waals surface area contributed by atoms with Crippen LogP contribution < -0.4 is 16.3 Å². The Morgan fingerprint density at radius 1 is 0.950 bits per heavy atom. The van der Waals surface area contributed by atoms with E-state index in [1.807, 2.05) is 67.6 Å². The van der Waals surface area contributed by atoms with Crippen molar-refractivity contribution in [2.75, 3.05) is 5.43 Å². The van der Waals surface area contributed by atoms with Gasteiger partial charge in [0.25, 0.3) is 0 Å². The van der Waals surface area contributed by atoms with Crippen molar-refractivity contribution in [3.8, 4) is 0 Å². The van der Waals surface area contributed by atoms with Gasteiger partial charge in [-0.1, -0.05) is 48.5 Å². The molecule has 3 N–H and O–H groups in total. The third kappa shape index (κ3) is 4.37. The first-order valence-electron chi connectivity index (χ1n) is 6.22. The molecule has 0 fully saturated rings. The van der Waals surface area contributed by atoms with Gasteiger partial charge in [0, 0.05) is 0 Å². The second-order valence-corrected chi connectivity index (χ2v) is 4.53. The number of hydrazine groups is 1. The van der Waals surface area contributed by atoms with Crippen molar-refractivity contribution in [3.05, 3.63) is 66.2 Å². The zero-order valence-electron chi connectivity index (χ0n) is 11.1. The summed E-state index contributed by atoms with van der Waals surface area (Å²) in [6.07, 6.45) is 0. The number of thiocarbonyl (C=S) groups is 1. The Morgan fingerprint density at radius 3 is 2.20 bits per heavy atom. The zero-order chi connectivity index (χ0) is 14.2. The molecule has 0 spiro atoms. The predicted molar refractivity (Wildman–Crippen MR) is 87.6 cm³/mol. The standard InChI is InChI=1S/C15H16N4S/c1-12(13-8-4-2-5-9-13)16-18-15(20)19-17-14-10-6-3-7-11-14/h2-11,17H,1H3,(H2,18,19,20)/b16-12+. The molecule has 0 saturated carbocycles. The third-order valence-electron chi connectivity index (χ3n) is 2.61. The number of rotatable bonds is 4. The van der Waals surface area contributed by atoms with Crippen LogP contribution in [-0.2, 0) is 0 Å². The summed E-state index contributed by atoms with van der Waals surface area (Å²) < 4.78 is 0. The maximum absolute atomic E-state index is 5.13. The molecular weight excluding hydrogens is 268 g/mol. The Morgan fingerprint density at radius 2 is 1.55 bits per heavy atom. The second kappa shape index (κ2) is 7.25. The zero-order valence-corrected chi connectivity index (χ0v) is 11.9. The molecule has 0 atom stereocenters. The minimum Gasteiger partial charge on any atom is -0.299 e. The Kier molecular flexibility index (Phi) is 5.08. The van der Waals surface area contributed by atoms with Gasteiger partial charge in [0.1, 0.15) is 0 Å². The fraction of sp³-hybridized carbons (Fsp3) is 0.0667. The van der Waals surface area contributed by atoms with E-state index in [-0.39, 0.29) is 0 Å². The number of hydrogen-bond donors (Lipinski definition) is 3. The van der Waals surface area contributed by atoms with Crippen LogP contribution in [0.2, 0.25) is 0 Å². The molecule has 20 heavy (non-hydrogen) atoms. The van der Waals surface area contributed by atoms with Crippen LogP contribution in [0.25, 0.3) is 0 Å². The van der Waals surface area contributed by atoms with Crippen LogP contribution in [0.1, 0.15) is 12.5 Å². The smallest absolute Gasteiger partial charge is 0.205 e. The lowest BCUT2D eigenvalue weighted by molar-refractivity contribution is 0.963. The Bertz CT molecular complexity index is 581. The predicted octanol–water partition coefficient (Wildman–Crippen LogP) is 2.90. The van der Waals surface area contributed by atoms with Crippen LogP contribution in [0.4, 0.5) is 5.69 Å². The molecule has 0 saturated heterocycles. The van der Waals surface area contributed by atoms with Crippen molar-refractivity contribution in [1.29, 1.82) is 0 Å². The van der Waals surface area contributed by atoms with Gasteiger partial charge in [-0.3, -0.25) is 16.3 Å². The lowest BCUT2D eigenvalue weighted by atomic mass is 10.1. The molecule has 0 aliphatic carbocycles. The third-order valence-corrected chi connectivity index (χ3v) is 2.80. The van der Waals surface area contributed by atoms with Crippen molar-refractivity contribution in [2.24, 2.45) is 5.10 Å². The first-order valence-corrected chi connectivity index (χ1v) is 6.63. The van der Waals surface area contributed by atoms with E-state index in [0.29, 0.717) is 5.11 Å². The highest BCUT2D eigenvalue weighted by Gasteiger charge is 1.97. The van der Waals surface area contributed by atoms with Crippen LogP contribution in [0.15, 0.2) is 65.8 Å². The Hall–Kier alpha value is -2.40. The van der Waals surface area contributed by atoms with Gasteiger partial charge in [-0.05, 0) is 36.8 Å². The van der Waals surface area contributed by atoms with E-state index >= 15 is 0 Å². The minimum atomic E-state index is 0.407. The van der Waals surface area contributed by atoms with Crippen LogP contribution in [0, 0.1) is 0 Å². The summed E-state index contributed by atoms with van der Waals surface area (Å²) in [4.78, 5) is 0. The molecule has 0 aliphatic heterocycles. The van der Waals surface area contributed by atoms with E-state index in [2.05, 4.69) is 21.4 Å². The summed E-state index contributed by atoms with van der Waals surface area (Å²) in [5.41, 5.74) is 11.5. The van der Waals surface area contributed by atoms with Gasteiger partial charge in [-0.15, -0.1) is 0 Å². The molecule has 4 nitrogen and oxygen atoms in total. The van der Waals surface area contributed by atoms with Crippen molar-refractivity contribution >= 4 is 28.7 Å². The van der Waals surface area contributed by atoms with Gasteiger partial charge in [0.05, 0.1) is 11.4 Å². The van der Waals surface area contributed by atoms with Crippen LogP contribution >= 0.6 is 12.2 Å². The molecule has 0 amide bonds. The fourth-order valence-electron chi connectivity index (χ4n) is 1.56. The average molecular weight is 284 g/mol. The number of benzene rings is 2. The summed E-state index contributed by atoms with van der Waals surface area (Å²) in [5, 5.41) is 4.64.